The van der Waals surface area contributed by atoms with Gasteiger partial charge in [-0.15, -0.1) is 0 Å². The van der Waals surface area contributed by atoms with Crippen LogP contribution in [0.3, 0.4) is 0 Å². The van der Waals surface area contributed by atoms with Crippen LogP contribution in [0.5, 0.6) is 0 Å². The first-order valence-electron chi connectivity index (χ1n) is 7.25. The van der Waals surface area contributed by atoms with E-state index in [1.54, 1.807) is 7.11 Å². The number of carbonyl (C=O) groups excluding carboxylic acids is 1. The molecule has 1 fully saturated rings. The maximum atomic E-state index is 12.5. The minimum absolute atomic E-state index is 0.0336. The molecule has 2 atom stereocenters. The monoisotopic (exact) mass is 293 g/mol. The van der Waals surface area contributed by atoms with Gasteiger partial charge in [0, 0.05) is 24.0 Å². The van der Waals surface area contributed by atoms with Gasteiger partial charge < -0.3 is 10.1 Å². The van der Waals surface area contributed by atoms with E-state index in [4.69, 9.17) is 4.74 Å². The van der Waals surface area contributed by atoms with E-state index >= 15 is 0 Å². The number of ether oxygens (including phenoxy) is 1. The van der Waals surface area contributed by atoms with E-state index < -0.39 is 0 Å². The number of hydrogen-bond donors (Lipinski definition) is 1. The Bertz CT molecular complexity index is 450. The number of benzene rings is 1. The van der Waals surface area contributed by atoms with E-state index in [-0.39, 0.29) is 5.91 Å². The van der Waals surface area contributed by atoms with Gasteiger partial charge in [-0.3, -0.25) is 4.79 Å². The average Bonchev–Trinajstić information content (AvgIpc) is 2.87. The van der Waals surface area contributed by atoms with Gasteiger partial charge >= 0.3 is 0 Å². The van der Waals surface area contributed by atoms with Gasteiger partial charge in [-0.05, 0) is 30.2 Å². The summed E-state index contributed by atoms with van der Waals surface area (Å²) in [7, 11) is 1.65. The molecule has 0 spiro atoms. The number of hydrogen-bond acceptors (Lipinski definition) is 3. The number of amides is 1. The van der Waals surface area contributed by atoms with Crippen molar-refractivity contribution in [3.63, 3.8) is 0 Å². The van der Waals surface area contributed by atoms with Crippen molar-refractivity contribution in [3.05, 3.63) is 35.4 Å². The molecule has 1 saturated carbocycles. The first-order chi connectivity index (χ1) is 9.76. The fraction of sp³-hybridized carbons (Fsp3) is 0.562. The summed E-state index contributed by atoms with van der Waals surface area (Å²) in [6, 6.07) is 7.98. The molecule has 1 aliphatic rings. The van der Waals surface area contributed by atoms with Gasteiger partial charge in [-0.25, -0.2) is 0 Å². The normalized spacial score (nSPS) is 21.9. The highest BCUT2D eigenvalue weighted by Crippen LogP contribution is 2.30. The summed E-state index contributed by atoms with van der Waals surface area (Å²) in [5.74, 6) is 1.14. The summed E-state index contributed by atoms with van der Waals surface area (Å²) in [5.41, 5.74) is 1.69. The second-order valence-corrected chi connectivity index (χ2v) is 6.61. The third-order valence-electron chi connectivity index (χ3n) is 3.71. The van der Waals surface area contributed by atoms with E-state index in [9.17, 15) is 4.79 Å². The van der Waals surface area contributed by atoms with Crippen LogP contribution < -0.4 is 5.32 Å². The van der Waals surface area contributed by atoms with Crippen LogP contribution in [0.4, 0.5) is 0 Å². The molecule has 0 aromatic heterocycles. The zero-order valence-corrected chi connectivity index (χ0v) is 13.0. The Kier molecular flexibility index (Phi) is 5.92. The number of nitrogens with one attached hydrogen (secondary N) is 1. The van der Waals surface area contributed by atoms with Crippen molar-refractivity contribution in [1.29, 1.82) is 0 Å². The highest BCUT2D eigenvalue weighted by Gasteiger charge is 2.29. The van der Waals surface area contributed by atoms with E-state index in [1.807, 2.05) is 36.0 Å². The summed E-state index contributed by atoms with van der Waals surface area (Å²) in [5, 5.41) is 3.78. The molecule has 0 saturated heterocycles. The lowest BCUT2D eigenvalue weighted by molar-refractivity contribution is 0.0933. The minimum Gasteiger partial charge on any atom is -0.380 e. The van der Waals surface area contributed by atoms with Crippen molar-refractivity contribution in [1.82, 2.24) is 5.32 Å². The quantitative estimate of drug-likeness (QED) is 0.875. The molecule has 0 radical (unpaired) electrons. The average molecular weight is 293 g/mol. The fourth-order valence-corrected chi connectivity index (χ4v) is 3.97. The smallest absolute Gasteiger partial charge is 0.251 e. The summed E-state index contributed by atoms with van der Waals surface area (Å²) in [4.78, 5) is 12.5. The van der Waals surface area contributed by atoms with E-state index in [2.05, 4.69) is 12.2 Å². The lowest BCUT2D eigenvalue weighted by Crippen LogP contribution is -2.39. The Labute approximate surface area is 125 Å². The molecule has 110 valence electrons. The van der Waals surface area contributed by atoms with Crippen molar-refractivity contribution in [2.45, 2.75) is 44.1 Å². The number of thioether (sulfide) groups is 1. The standard InChI is InChI=1S/C16H23NO2S/c1-3-20-15-10-6-9-14(15)17-16(18)13-8-5-4-7-12(13)11-19-2/h4-5,7-8,14-15H,3,6,9-11H2,1-2H3,(H,17,18)/t14-,15-/m0/s1. The third-order valence-corrected chi connectivity index (χ3v) is 5.04. The predicted octanol–water partition coefficient (Wildman–Crippen LogP) is 3.24. The zero-order valence-electron chi connectivity index (χ0n) is 12.2. The molecule has 1 aromatic carbocycles. The van der Waals surface area contributed by atoms with Gasteiger partial charge in [-0.2, -0.15) is 11.8 Å². The molecule has 1 N–H and O–H groups in total. The van der Waals surface area contributed by atoms with E-state index in [1.165, 1.54) is 12.8 Å². The number of rotatable bonds is 6. The molecule has 0 unspecified atom stereocenters. The van der Waals surface area contributed by atoms with Gasteiger partial charge in [-0.1, -0.05) is 31.5 Å². The van der Waals surface area contributed by atoms with Gasteiger partial charge in [0.05, 0.1) is 6.61 Å². The first-order valence-corrected chi connectivity index (χ1v) is 8.30. The number of carbonyl (C=O) groups is 1. The highest BCUT2D eigenvalue weighted by atomic mass is 32.2. The molecule has 1 amide bonds. The van der Waals surface area contributed by atoms with Crippen molar-refractivity contribution in [2.75, 3.05) is 12.9 Å². The summed E-state index contributed by atoms with van der Waals surface area (Å²) in [6.45, 7) is 2.65. The topological polar surface area (TPSA) is 38.3 Å². The van der Waals surface area contributed by atoms with Crippen LogP contribution in [-0.2, 0) is 11.3 Å². The molecule has 20 heavy (non-hydrogen) atoms. The second-order valence-electron chi connectivity index (χ2n) is 5.09. The Hall–Kier alpha value is -1.00. The van der Waals surface area contributed by atoms with Gasteiger partial charge in [0.25, 0.3) is 5.91 Å². The van der Waals surface area contributed by atoms with Crippen LogP contribution in [0.25, 0.3) is 0 Å². The molecule has 3 nitrogen and oxygen atoms in total. The summed E-state index contributed by atoms with van der Waals surface area (Å²) in [6.07, 6.45) is 3.52. The Morgan fingerprint density at radius 1 is 1.40 bits per heavy atom. The Morgan fingerprint density at radius 2 is 2.20 bits per heavy atom. The molecular weight excluding hydrogens is 270 g/mol. The number of methoxy groups -OCH3 is 1. The Morgan fingerprint density at radius 3 is 2.95 bits per heavy atom. The van der Waals surface area contributed by atoms with Crippen LogP contribution >= 0.6 is 11.8 Å². The highest BCUT2D eigenvalue weighted by molar-refractivity contribution is 7.99. The van der Waals surface area contributed by atoms with Crippen molar-refractivity contribution >= 4 is 17.7 Å². The lowest BCUT2D eigenvalue weighted by Gasteiger charge is -2.21. The second kappa shape index (κ2) is 7.70. The predicted molar refractivity (Wildman–Crippen MR) is 84.2 cm³/mol. The van der Waals surface area contributed by atoms with E-state index in [0.717, 1.165) is 23.3 Å². The third kappa shape index (κ3) is 3.76. The molecule has 1 aromatic rings. The zero-order chi connectivity index (χ0) is 14.4. The maximum absolute atomic E-state index is 12.5. The van der Waals surface area contributed by atoms with Crippen LogP contribution in [0.1, 0.15) is 42.1 Å². The minimum atomic E-state index is 0.0336. The molecular formula is C16H23NO2S. The Balaban J connectivity index is 2.04. The van der Waals surface area contributed by atoms with Crippen molar-refractivity contribution in [2.24, 2.45) is 0 Å². The summed E-state index contributed by atoms with van der Waals surface area (Å²) >= 11 is 1.96. The largest absolute Gasteiger partial charge is 0.380 e. The maximum Gasteiger partial charge on any atom is 0.251 e. The van der Waals surface area contributed by atoms with Gasteiger partial charge in [0.15, 0.2) is 0 Å². The van der Waals surface area contributed by atoms with Crippen LogP contribution in [0.2, 0.25) is 0 Å². The molecule has 0 heterocycles. The van der Waals surface area contributed by atoms with Crippen LogP contribution in [0.15, 0.2) is 24.3 Å². The molecule has 1 aliphatic carbocycles. The SMILES string of the molecule is CCS[C@H]1CCC[C@@H]1NC(=O)c1ccccc1COC. The fourth-order valence-electron chi connectivity index (χ4n) is 2.77. The molecule has 2 rings (SSSR count). The lowest BCUT2D eigenvalue weighted by atomic mass is 10.1. The summed E-state index contributed by atoms with van der Waals surface area (Å²) < 4.78 is 5.16. The van der Waals surface area contributed by atoms with Crippen LogP contribution in [-0.4, -0.2) is 30.1 Å². The van der Waals surface area contributed by atoms with E-state index in [0.29, 0.717) is 17.9 Å². The van der Waals surface area contributed by atoms with Gasteiger partial charge in [0.1, 0.15) is 0 Å². The first kappa shape index (κ1) is 15.4. The molecule has 0 bridgehead atoms. The van der Waals surface area contributed by atoms with Gasteiger partial charge in [0.2, 0.25) is 0 Å². The molecule has 0 aliphatic heterocycles. The van der Waals surface area contributed by atoms with Crippen molar-refractivity contribution < 1.29 is 9.53 Å². The molecule has 4 heteroatoms. The van der Waals surface area contributed by atoms with Crippen molar-refractivity contribution in [3.8, 4) is 0 Å². The van der Waals surface area contributed by atoms with Crippen LogP contribution in [0, 0.1) is 0 Å².